The Hall–Kier alpha value is 0.650. The highest BCUT2D eigenvalue weighted by atomic mass is 127. The van der Waals surface area contributed by atoms with Gasteiger partial charge in [-0.15, -0.1) is 0 Å². The Morgan fingerprint density at radius 1 is 1.07 bits per heavy atom. The Bertz CT molecular complexity index is 178. The maximum absolute atomic E-state index is 2.75. The van der Waals surface area contributed by atoms with Crippen LogP contribution >= 0.6 is 22.9 Å². The second-order valence-corrected chi connectivity index (χ2v) is 6.25. The predicted octanol–water partition coefficient (Wildman–Crippen LogP) is 2.53. The average molecular weight is 308 g/mol. The van der Waals surface area contributed by atoms with Gasteiger partial charge in [-0.3, -0.25) is 0 Å². The molecule has 2 aliphatic heterocycles. The lowest BCUT2D eigenvalue weighted by atomic mass is 9.96. The van der Waals surface area contributed by atoms with Crippen LogP contribution in [-0.2, 0) is 0 Å². The standard InChI is InChI=1S/C11H21IN2/c1-10-3-2-6-13(9-10)11-4-7-14(12)8-5-11/h10-11H,2-9H2,1H3. The van der Waals surface area contributed by atoms with Gasteiger partial charge in [0.1, 0.15) is 0 Å². The smallest absolute Gasteiger partial charge is 0.0201 e. The molecule has 0 aromatic rings. The lowest BCUT2D eigenvalue weighted by Crippen LogP contribution is -2.46. The molecule has 2 aliphatic rings. The second-order valence-electron chi connectivity index (χ2n) is 4.88. The number of halogens is 1. The van der Waals surface area contributed by atoms with E-state index in [-0.39, 0.29) is 0 Å². The van der Waals surface area contributed by atoms with E-state index in [1.165, 1.54) is 51.9 Å². The van der Waals surface area contributed by atoms with Crippen molar-refractivity contribution >= 4 is 22.9 Å². The topological polar surface area (TPSA) is 6.48 Å². The van der Waals surface area contributed by atoms with Gasteiger partial charge in [-0.1, -0.05) is 6.92 Å². The van der Waals surface area contributed by atoms with Gasteiger partial charge in [-0.05, 0) is 38.1 Å². The number of hydrogen-bond acceptors (Lipinski definition) is 2. The summed E-state index contributed by atoms with van der Waals surface area (Å²) in [5, 5.41) is 0. The van der Waals surface area contributed by atoms with Crippen LogP contribution in [0.2, 0.25) is 0 Å². The fraction of sp³-hybridized carbons (Fsp3) is 1.00. The SMILES string of the molecule is CC1CCCN(C2CCN(I)CC2)C1. The zero-order chi connectivity index (χ0) is 9.97. The Labute approximate surface area is 102 Å². The summed E-state index contributed by atoms with van der Waals surface area (Å²) in [7, 11) is 0. The summed E-state index contributed by atoms with van der Waals surface area (Å²) in [5.41, 5.74) is 0. The van der Waals surface area contributed by atoms with Crippen LogP contribution in [0.5, 0.6) is 0 Å². The minimum atomic E-state index is 0.892. The lowest BCUT2D eigenvalue weighted by molar-refractivity contribution is 0.0989. The van der Waals surface area contributed by atoms with E-state index in [2.05, 4.69) is 37.8 Å². The van der Waals surface area contributed by atoms with Gasteiger partial charge in [0.2, 0.25) is 0 Å². The summed E-state index contributed by atoms with van der Waals surface area (Å²) in [4.78, 5) is 2.75. The van der Waals surface area contributed by atoms with Crippen molar-refractivity contribution in [1.29, 1.82) is 0 Å². The second kappa shape index (κ2) is 5.12. The molecule has 0 aromatic carbocycles. The Morgan fingerprint density at radius 3 is 2.43 bits per heavy atom. The van der Waals surface area contributed by atoms with Gasteiger partial charge in [0.25, 0.3) is 0 Å². The van der Waals surface area contributed by atoms with Crippen LogP contribution in [0.15, 0.2) is 0 Å². The number of likely N-dealkylation sites (tertiary alicyclic amines) is 1. The van der Waals surface area contributed by atoms with Crippen molar-refractivity contribution < 1.29 is 0 Å². The molecule has 0 amide bonds. The summed E-state index contributed by atoms with van der Waals surface area (Å²) in [6, 6.07) is 0.892. The normalized spacial score (nSPS) is 33.4. The molecule has 2 nitrogen and oxygen atoms in total. The Morgan fingerprint density at radius 2 is 1.79 bits per heavy atom. The number of rotatable bonds is 1. The van der Waals surface area contributed by atoms with E-state index in [0.717, 1.165) is 12.0 Å². The molecule has 1 atom stereocenters. The highest BCUT2D eigenvalue weighted by Crippen LogP contribution is 2.24. The molecule has 2 saturated heterocycles. The van der Waals surface area contributed by atoms with Crippen molar-refractivity contribution in [2.45, 2.75) is 38.6 Å². The van der Waals surface area contributed by atoms with E-state index in [1.54, 1.807) is 0 Å². The van der Waals surface area contributed by atoms with E-state index in [4.69, 9.17) is 0 Å². The third-order valence-electron chi connectivity index (χ3n) is 3.61. The van der Waals surface area contributed by atoms with Crippen LogP contribution in [0, 0.1) is 5.92 Å². The third kappa shape index (κ3) is 2.83. The average Bonchev–Trinajstić information content (AvgIpc) is 2.19. The van der Waals surface area contributed by atoms with Crippen molar-refractivity contribution in [2.24, 2.45) is 5.92 Å². The molecular formula is C11H21IN2. The molecule has 0 aliphatic carbocycles. The van der Waals surface area contributed by atoms with Crippen LogP contribution in [0.4, 0.5) is 0 Å². The molecule has 82 valence electrons. The molecule has 0 bridgehead atoms. The highest BCUT2D eigenvalue weighted by Gasteiger charge is 2.26. The summed E-state index contributed by atoms with van der Waals surface area (Å²) in [6.07, 6.45) is 5.64. The Balaban J connectivity index is 1.82. The van der Waals surface area contributed by atoms with E-state index in [1.807, 2.05) is 0 Å². The molecule has 2 heterocycles. The summed E-state index contributed by atoms with van der Waals surface area (Å²) >= 11 is 2.46. The molecule has 0 N–H and O–H groups in total. The molecule has 0 saturated carbocycles. The van der Waals surface area contributed by atoms with E-state index >= 15 is 0 Å². The van der Waals surface area contributed by atoms with Crippen LogP contribution in [-0.4, -0.2) is 40.2 Å². The zero-order valence-electron chi connectivity index (χ0n) is 9.08. The maximum atomic E-state index is 2.75. The van der Waals surface area contributed by atoms with E-state index in [0.29, 0.717) is 0 Å². The summed E-state index contributed by atoms with van der Waals surface area (Å²) in [5.74, 6) is 0.932. The maximum Gasteiger partial charge on any atom is 0.0201 e. The number of nitrogens with zero attached hydrogens (tertiary/aromatic N) is 2. The number of piperidine rings is 2. The largest absolute Gasteiger partial charge is 0.300 e. The third-order valence-corrected chi connectivity index (χ3v) is 4.58. The van der Waals surface area contributed by atoms with Crippen LogP contribution in [0.25, 0.3) is 0 Å². The Kier molecular flexibility index (Phi) is 4.08. The first-order chi connectivity index (χ1) is 6.75. The quantitative estimate of drug-likeness (QED) is 0.542. The molecule has 0 spiro atoms. The predicted molar refractivity (Wildman–Crippen MR) is 68.6 cm³/mol. The van der Waals surface area contributed by atoms with Gasteiger partial charge in [-0.25, -0.2) is 3.11 Å². The molecule has 0 aromatic heterocycles. The van der Waals surface area contributed by atoms with Crippen molar-refractivity contribution in [3.05, 3.63) is 0 Å². The van der Waals surface area contributed by atoms with Crippen molar-refractivity contribution in [1.82, 2.24) is 8.01 Å². The first-order valence-corrected chi connectivity index (χ1v) is 6.87. The summed E-state index contributed by atoms with van der Waals surface area (Å²) < 4.78 is 2.43. The first kappa shape index (κ1) is 11.1. The summed E-state index contributed by atoms with van der Waals surface area (Å²) in [6.45, 7) is 7.69. The van der Waals surface area contributed by atoms with Crippen molar-refractivity contribution in [2.75, 3.05) is 26.2 Å². The van der Waals surface area contributed by atoms with Gasteiger partial charge in [-0.2, -0.15) is 0 Å². The van der Waals surface area contributed by atoms with Crippen LogP contribution in [0.3, 0.4) is 0 Å². The fourth-order valence-electron chi connectivity index (χ4n) is 2.76. The molecule has 2 fully saturated rings. The lowest BCUT2D eigenvalue weighted by Gasteiger charge is -2.40. The molecule has 3 heteroatoms. The monoisotopic (exact) mass is 308 g/mol. The minimum absolute atomic E-state index is 0.892. The molecule has 0 radical (unpaired) electrons. The minimum Gasteiger partial charge on any atom is -0.300 e. The molecule has 1 unspecified atom stereocenters. The molecule has 14 heavy (non-hydrogen) atoms. The fourth-order valence-corrected chi connectivity index (χ4v) is 3.31. The number of hydrogen-bond donors (Lipinski definition) is 0. The van der Waals surface area contributed by atoms with Crippen LogP contribution < -0.4 is 0 Å². The first-order valence-electron chi connectivity index (χ1n) is 5.90. The zero-order valence-corrected chi connectivity index (χ0v) is 11.2. The van der Waals surface area contributed by atoms with Gasteiger partial charge >= 0.3 is 0 Å². The van der Waals surface area contributed by atoms with Crippen LogP contribution in [0.1, 0.15) is 32.6 Å². The molecule has 2 rings (SSSR count). The van der Waals surface area contributed by atoms with E-state index in [9.17, 15) is 0 Å². The van der Waals surface area contributed by atoms with Gasteiger partial charge < -0.3 is 4.90 Å². The van der Waals surface area contributed by atoms with Gasteiger partial charge in [0.15, 0.2) is 0 Å². The van der Waals surface area contributed by atoms with E-state index < -0.39 is 0 Å². The van der Waals surface area contributed by atoms with Crippen molar-refractivity contribution in [3.8, 4) is 0 Å². The van der Waals surface area contributed by atoms with Gasteiger partial charge in [0.05, 0.1) is 0 Å². The molecular weight excluding hydrogens is 287 g/mol. The van der Waals surface area contributed by atoms with Crippen molar-refractivity contribution in [3.63, 3.8) is 0 Å². The van der Waals surface area contributed by atoms with Gasteiger partial charge in [0, 0.05) is 48.5 Å². The highest BCUT2D eigenvalue weighted by molar-refractivity contribution is 14.1.